The van der Waals surface area contributed by atoms with Crippen molar-refractivity contribution in [3.05, 3.63) is 41.0 Å². The van der Waals surface area contributed by atoms with E-state index in [2.05, 4.69) is 15.0 Å². The standard InChI is InChI=1S/C16H21F3N4O/c1-11-6-7-13(16(17,18)19)9-23(4)12(2)15(22-11)14(20-3)8-21-10-24-5/h6-9H,10H2,1-5H3/b7-6?,13-9?,15-12?,20-14+,21-8-,22-11?. The van der Waals surface area contributed by atoms with E-state index in [0.717, 1.165) is 12.3 Å². The summed E-state index contributed by atoms with van der Waals surface area (Å²) in [5, 5.41) is 0. The zero-order valence-corrected chi connectivity index (χ0v) is 14.3. The highest BCUT2D eigenvalue weighted by Gasteiger charge is 2.30. The van der Waals surface area contributed by atoms with Crippen molar-refractivity contribution >= 4 is 11.9 Å². The molecule has 8 heteroatoms. The molecule has 1 heterocycles. The van der Waals surface area contributed by atoms with E-state index in [9.17, 15) is 13.2 Å². The molecule has 0 radical (unpaired) electrons. The summed E-state index contributed by atoms with van der Waals surface area (Å²) in [5.74, 6) is 0. The third kappa shape index (κ3) is 5.45. The van der Waals surface area contributed by atoms with Crippen molar-refractivity contribution in [2.45, 2.75) is 20.0 Å². The Morgan fingerprint density at radius 3 is 2.54 bits per heavy atom. The van der Waals surface area contributed by atoms with Gasteiger partial charge in [0, 0.05) is 38.8 Å². The molecule has 0 saturated carbocycles. The lowest BCUT2D eigenvalue weighted by molar-refractivity contribution is -0.137. The van der Waals surface area contributed by atoms with Crippen molar-refractivity contribution in [2.75, 3.05) is 20.9 Å². The monoisotopic (exact) mass is 342 g/mol. The predicted octanol–water partition coefficient (Wildman–Crippen LogP) is 3.27. The van der Waals surface area contributed by atoms with Crippen LogP contribution in [-0.2, 0) is 18.0 Å². The molecule has 0 N–H and O–H groups in total. The summed E-state index contributed by atoms with van der Waals surface area (Å²) in [6.07, 6.45) is -1.93. The summed E-state index contributed by atoms with van der Waals surface area (Å²) in [6, 6.07) is 2.33. The molecular formula is C16H21F3N4O. The van der Waals surface area contributed by atoms with Crippen molar-refractivity contribution in [3.63, 3.8) is 0 Å². The Kier molecular flexibility index (Phi) is 7.09. The average Bonchev–Trinajstić information content (AvgIpc) is 2.56. The van der Waals surface area contributed by atoms with Crippen molar-refractivity contribution in [1.29, 1.82) is 0 Å². The zero-order chi connectivity index (χ0) is 18.3. The number of halogens is 3. The summed E-state index contributed by atoms with van der Waals surface area (Å²) >= 11 is 0. The Morgan fingerprint density at radius 2 is 2.00 bits per heavy atom. The summed E-state index contributed by atoms with van der Waals surface area (Å²) in [6.45, 7) is 3.46. The molecule has 132 valence electrons. The second-order valence-corrected chi connectivity index (χ2v) is 5.05. The fourth-order valence-electron chi connectivity index (χ4n) is 1.85. The van der Waals surface area contributed by atoms with Crippen molar-refractivity contribution in [3.8, 4) is 0 Å². The number of ether oxygens (including phenoxy) is 1. The SMILES string of the molecule is C/N=C(\C=N/COC)c1nc(C)ccc(C(F)(F)F)cn(C)c1C. The molecule has 0 spiro atoms. The lowest BCUT2D eigenvalue weighted by atomic mass is 10.2. The molecule has 0 atom stereocenters. The molecule has 1 aromatic heterocycles. The van der Waals surface area contributed by atoms with Gasteiger partial charge in [-0.3, -0.25) is 9.98 Å². The molecule has 0 unspecified atom stereocenters. The van der Waals surface area contributed by atoms with Crippen LogP contribution in [0.1, 0.15) is 22.6 Å². The molecule has 0 aromatic carbocycles. The van der Waals surface area contributed by atoms with Gasteiger partial charge in [0.1, 0.15) is 18.1 Å². The molecule has 5 nitrogen and oxygen atoms in total. The van der Waals surface area contributed by atoms with E-state index in [1.807, 2.05) is 0 Å². The van der Waals surface area contributed by atoms with Gasteiger partial charge in [-0.1, -0.05) is 0 Å². The first kappa shape index (κ1) is 19.8. The quantitative estimate of drug-likeness (QED) is 0.789. The molecule has 1 rings (SSSR count). The number of aliphatic imine (C=N–C) groups is 2. The number of rotatable bonds is 4. The Bertz CT molecular complexity index is 689. The number of nitrogens with zero attached hydrogens (tertiary/aromatic N) is 4. The minimum absolute atomic E-state index is 0.155. The van der Waals surface area contributed by atoms with Gasteiger partial charge < -0.3 is 9.30 Å². The highest BCUT2D eigenvalue weighted by Crippen LogP contribution is 2.28. The van der Waals surface area contributed by atoms with Gasteiger partial charge in [-0.15, -0.1) is 0 Å². The van der Waals surface area contributed by atoms with E-state index in [4.69, 9.17) is 4.74 Å². The summed E-state index contributed by atoms with van der Waals surface area (Å²) < 4.78 is 45.5. The van der Waals surface area contributed by atoms with E-state index in [-0.39, 0.29) is 6.73 Å². The Balaban J connectivity index is 3.66. The Labute approximate surface area is 139 Å². The normalized spacial score (nSPS) is 12.6. The maximum absolute atomic E-state index is 13.1. The first-order valence-electron chi connectivity index (χ1n) is 7.12. The fourth-order valence-corrected chi connectivity index (χ4v) is 1.85. The molecule has 0 bridgehead atoms. The second-order valence-electron chi connectivity index (χ2n) is 5.05. The zero-order valence-electron chi connectivity index (χ0n) is 14.3. The van der Waals surface area contributed by atoms with Gasteiger partial charge in [0.15, 0.2) is 0 Å². The molecule has 0 aliphatic rings. The molecule has 1 aromatic rings. The Hall–Kier alpha value is -2.22. The van der Waals surface area contributed by atoms with Gasteiger partial charge in [-0.25, -0.2) is 4.98 Å². The van der Waals surface area contributed by atoms with Crippen LogP contribution in [0.5, 0.6) is 0 Å². The minimum atomic E-state index is -4.45. The van der Waals surface area contributed by atoms with Gasteiger partial charge >= 0.3 is 6.18 Å². The van der Waals surface area contributed by atoms with Crippen LogP contribution in [0, 0.1) is 13.8 Å². The van der Waals surface area contributed by atoms with Crippen LogP contribution in [0.25, 0.3) is 0 Å². The third-order valence-corrected chi connectivity index (χ3v) is 3.22. The molecule has 0 amide bonds. The number of aryl methyl sites for hydroxylation is 2. The van der Waals surface area contributed by atoms with Crippen molar-refractivity contribution in [1.82, 2.24) is 9.55 Å². The topological polar surface area (TPSA) is 51.8 Å². The van der Waals surface area contributed by atoms with E-state index < -0.39 is 11.7 Å². The van der Waals surface area contributed by atoms with Crippen LogP contribution in [-0.4, -0.2) is 42.4 Å². The van der Waals surface area contributed by atoms with Crippen LogP contribution in [0.4, 0.5) is 13.2 Å². The lowest BCUT2D eigenvalue weighted by Crippen LogP contribution is -2.12. The van der Waals surface area contributed by atoms with Gasteiger partial charge in [0.2, 0.25) is 0 Å². The molecule has 0 aliphatic heterocycles. The highest BCUT2D eigenvalue weighted by atomic mass is 19.4. The van der Waals surface area contributed by atoms with Crippen LogP contribution in [0.2, 0.25) is 0 Å². The molecule has 0 fully saturated rings. The third-order valence-electron chi connectivity index (χ3n) is 3.22. The van der Waals surface area contributed by atoms with Gasteiger partial charge in [0.25, 0.3) is 0 Å². The van der Waals surface area contributed by atoms with Gasteiger partial charge in [-0.05, 0) is 26.0 Å². The van der Waals surface area contributed by atoms with Crippen LogP contribution in [0.15, 0.2) is 28.3 Å². The number of methoxy groups -OCH3 is 1. The highest BCUT2D eigenvalue weighted by molar-refractivity contribution is 6.37. The van der Waals surface area contributed by atoms with Gasteiger partial charge in [-0.2, -0.15) is 13.2 Å². The average molecular weight is 342 g/mol. The van der Waals surface area contributed by atoms with E-state index >= 15 is 0 Å². The van der Waals surface area contributed by atoms with Crippen LogP contribution >= 0.6 is 0 Å². The Morgan fingerprint density at radius 1 is 1.33 bits per heavy atom. The number of alkyl halides is 3. The fraction of sp³-hybridized carbons (Fsp3) is 0.438. The summed E-state index contributed by atoms with van der Waals surface area (Å²) in [5.41, 5.74) is 1.08. The molecule has 24 heavy (non-hydrogen) atoms. The summed E-state index contributed by atoms with van der Waals surface area (Å²) in [7, 11) is 4.61. The summed E-state index contributed by atoms with van der Waals surface area (Å²) in [4.78, 5) is 12.6. The van der Waals surface area contributed by atoms with E-state index in [0.29, 0.717) is 22.8 Å². The van der Waals surface area contributed by atoms with Crippen LogP contribution in [0.3, 0.4) is 0 Å². The first-order chi connectivity index (χ1) is 11.2. The van der Waals surface area contributed by atoms with E-state index in [1.54, 1.807) is 20.9 Å². The largest absolute Gasteiger partial charge is 0.417 e. The predicted molar refractivity (Wildman–Crippen MR) is 88.1 cm³/mol. The molecular weight excluding hydrogens is 321 g/mol. The minimum Gasteiger partial charge on any atom is -0.363 e. The lowest BCUT2D eigenvalue weighted by Gasteiger charge is -2.09. The second kappa shape index (κ2) is 8.58. The molecule has 0 saturated heterocycles. The van der Waals surface area contributed by atoms with Crippen LogP contribution < -0.4 is 0 Å². The smallest absolute Gasteiger partial charge is 0.363 e. The maximum atomic E-state index is 13.1. The maximum Gasteiger partial charge on any atom is 0.417 e. The number of aromatic nitrogens is 2. The van der Waals surface area contributed by atoms with E-state index in [1.165, 1.54) is 31.0 Å². The number of hydrogen-bond donors (Lipinski definition) is 0. The van der Waals surface area contributed by atoms with Gasteiger partial charge in [0.05, 0.1) is 11.8 Å². The first-order valence-corrected chi connectivity index (χ1v) is 7.12. The van der Waals surface area contributed by atoms with Crippen molar-refractivity contribution in [2.24, 2.45) is 17.0 Å². The molecule has 0 aliphatic carbocycles. The number of hydrogen-bond acceptors (Lipinski definition) is 4. The van der Waals surface area contributed by atoms with Crippen molar-refractivity contribution < 1.29 is 17.9 Å².